The third-order valence-electron chi connectivity index (χ3n) is 3.27. The lowest BCUT2D eigenvalue weighted by molar-refractivity contribution is 0.429. The van der Waals surface area contributed by atoms with Gasteiger partial charge in [-0.05, 0) is 42.9 Å². The number of rotatable bonds is 6. The van der Waals surface area contributed by atoms with E-state index in [1.54, 1.807) is 0 Å². The van der Waals surface area contributed by atoms with Gasteiger partial charge in [0.15, 0.2) is 0 Å². The molecule has 1 nitrogen and oxygen atoms in total. The van der Waals surface area contributed by atoms with Crippen molar-refractivity contribution in [3.63, 3.8) is 0 Å². The molecule has 88 valence electrons. The van der Waals surface area contributed by atoms with E-state index in [1.165, 1.54) is 43.4 Å². The molecule has 16 heavy (non-hydrogen) atoms. The highest BCUT2D eigenvalue weighted by atomic mass is 19.1. The van der Waals surface area contributed by atoms with Gasteiger partial charge < -0.3 is 5.32 Å². The summed E-state index contributed by atoms with van der Waals surface area (Å²) in [6, 6.07) is 7.44. The Hall–Kier alpha value is -0.890. The Morgan fingerprint density at radius 2 is 2.00 bits per heavy atom. The third kappa shape index (κ3) is 3.31. The van der Waals surface area contributed by atoms with Crippen LogP contribution in [0.25, 0.3) is 0 Å². The van der Waals surface area contributed by atoms with Crippen molar-refractivity contribution in [3.05, 3.63) is 35.6 Å². The van der Waals surface area contributed by atoms with Crippen LogP contribution < -0.4 is 5.32 Å². The Morgan fingerprint density at radius 3 is 2.56 bits per heavy atom. The van der Waals surface area contributed by atoms with Gasteiger partial charge in [-0.3, -0.25) is 0 Å². The fraction of sp³-hybridized carbons (Fsp3) is 0.571. The minimum Gasteiger partial charge on any atom is -0.310 e. The van der Waals surface area contributed by atoms with Crippen molar-refractivity contribution in [2.24, 2.45) is 5.92 Å². The molecule has 1 N–H and O–H groups in total. The lowest BCUT2D eigenvalue weighted by atomic mass is 10.1. The monoisotopic (exact) mass is 221 g/mol. The van der Waals surface area contributed by atoms with Crippen molar-refractivity contribution in [2.75, 3.05) is 0 Å². The first kappa shape index (κ1) is 11.6. The molecule has 0 amide bonds. The van der Waals surface area contributed by atoms with Crippen LogP contribution in [0.15, 0.2) is 24.3 Å². The molecular weight excluding hydrogens is 201 g/mol. The van der Waals surface area contributed by atoms with Crippen LogP contribution >= 0.6 is 0 Å². The molecule has 0 spiro atoms. The van der Waals surface area contributed by atoms with Gasteiger partial charge in [-0.1, -0.05) is 25.5 Å². The van der Waals surface area contributed by atoms with E-state index in [9.17, 15) is 4.39 Å². The second-order valence-corrected chi connectivity index (χ2v) is 4.74. The van der Waals surface area contributed by atoms with Gasteiger partial charge in [0.25, 0.3) is 0 Å². The molecule has 0 radical (unpaired) electrons. The van der Waals surface area contributed by atoms with Gasteiger partial charge in [-0.15, -0.1) is 0 Å². The summed E-state index contributed by atoms with van der Waals surface area (Å²) >= 11 is 0. The topological polar surface area (TPSA) is 12.0 Å². The van der Waals surface area contributed by atoms with Crippen LogP contribution in [0.5, 0.6) is 0 Å². The first-order valence-electron chi connectivity index (χ1n) is 6.27. The van der Waals surface area contributed by atoms with Gasteiger partial charge in [0.2, 0.25) is 0 Å². The van der Waals surface area contributed by atoms with Crippen molar-refractivity contribution in [1.82, 2.24) is 5.32 Å². The Kier molecular flexibility index (Phi) is 3.94. The zero-order valence-corrected chi connectivity index (χ0v) is 9.88. The van der Waals surface area contributed by atoms with Gasteiger partial charge in [0.1, 0.15) is 5.82 Å². The quantitative estimate of drug-likeness (QED) is 0.775. The van der Waals surface area contributed by atoms with Gasteiger partial charge >= 0.3 is 0 Å². The SMILES string of the molecule is CCCC(NCc1ccc(F)cc1)C1CC1. The van der Waals surface area contributed by atoms with Crippen LogP contribution in [-0.2, 0) is 6.54 Å². The number of nitrogens with one attached hydrogen (secondary N) is 1. The normalized spacial score (nSPS) is 17.4. The highest BCUT2D eigenvalue weighted by molar-refractivity contribution is 5.15. The first-order chi connectivity index (χ1) is 7.79. The van der Waals surface area contributed by atoms with E-state index in [4.69, 9.17) is 0 Å². The average Bonchev–Trinajstić information content (AvgIpc) is 3.10. The Bertz CT molecular complexity index is 316. The molecule has 1 unspecified atom stereocenters. The van der Waals surface area contributed by atoms with Gasteiger partial charge in [0, 0.05) is 12.6 Å². The van der Waals surface area contributed by atoms with Crippen LogP contribution in [0.3, 0.4) is 0 Å². The summed E-state index contributed by atoms with van der Waals surface area (Å²) in [7, 11) is 0. The molecule has 0 saturated heterocycles. The second kappa shape index (κ2) is 5.44. The molecule has 1 aromatic carbocycles. The fourth-order valence-corrected chi connectivity index (χ4v) is 2.17. The molecule has 1 aliphatic rings. The lowest BCUT2D eigenvalue weighted by Crippen LogP contribution is -2.30. The maximum Gasteiger partial charge on any atom is 0.123 e. The van der Waals surface area contributed by atoms with Crippen LogP contribution in [0.4, 0.5) is 4.39 Å². The van der Waals surface area contributed by atoms with E-state index in [1.807, 2.05) is 12.1 Å². The molecule has 0 aromatic heterocycles. The third-order valence-corrected chi connectivity index (χ3v) is 3.27. The summed E-state index contributed by atoms with van der Waals surface area (Å²) in [5.41, 5.74) is 1.17. The molecule has 1 fully saturated rings. The Morgan fingerprint density at radius 1 is 1.31 bits per heavy atom. The van der Waals surface area contributed by atoms with E-state index in [0.717, 1.165) is 12.5 Å². The van der Waals surface area contributed by atoms with Crippen LogP contribution in [-0.4, -0.2) is 6.04 Å². The van der Waals surface area contributed by atoms with Crippen molar-refractivity contribution in [3.8, 4) is 0 Å². The molecule has 2 heteroatoms. The summed E-state index contributed by atoms with van der Waals surface area (Å²) in [4.78, 5) is 0. The maximum absolute atomic E-state index is 12.7. The number of hydrogen-bond acceptors (Lipinski definition) is 1. The molecule has 1 atom stereocenters. The van der Waals surface area contributed by atoms with E-state index >= 15 is 0 Å². The van der Waals surface area contributed by atoms with Crippen molar-refractivity contribution < 1.29 is 4.39 Å². The first-order valence-corrected chi connectivity index (χ1v) is 6.27. The summed E-state index contributed by atoms with van der Waals surface area (Å²) in [5, 5.41) is 3.60. The largest absolute Gasteiger partial charge is 0.310 e. The fourth-order valence-electron chi connectivity index (χ4n) is 2.17. The molecule has 0 aliphatic heterocycles. The van der Waals surface area contributed by atoms with Crippen LogP contribution in [0, 0.1) is 11.7 Å². The zero-order valence-electron chi connectivity index (χ0n) is 9.88. The van der Waals surface area contributed by atoms with Crippen molar-refractivity contribution in [2.45, 2.75) is 45.2 Å². The van der Waals surface area contributed by atoms with Gasteiger partial charge in [-0.25, -0.2) is 4.39 Å². The number of halogens is 1. The standard InChI is InChI=1S/C14H20FN/c1-2-3-14(12-6-7-12)16-10-11-4-8-13(15)9-5-11/h4-5,8-9,12,14,16H,2-3,6-7,10H2,1H3. The molecule has 1 aliphatic carbocycles. The predicted molar refractivity (Wildman–Crippen MR) is 64.7 cm³/mol. The molecule has 1 saturated carbocycles. The minimum atomic E-state index is -0.156. The molecular formula is C14H20FN. The molecule has 2 rings (SSSR count). The van der Waals surface area contributed by atoms with E-state index in [-0.39, 0.29) is 5.82 Å². The number of benzene rings is 1. The summed E-state index contributed by atoms with van der Waals surface area (Å²) in [5.74, 6) is 0.733. The lowest BCUT2D eigenvalue weighted by Gasteiger charge is -2.17. The maximum atomic E-state index is 12.7. The average molecular weight is 221 g/mol. The number of hydrogen-bond donors (Lipinski definition) is 1. The minimum absolute atomic E-state index is 0.156. The highest BCUT2D eigenvalue weighted by Gasteiger charge is 2.29. The van der Waals surface area contributed by atoms with Crippen LogP contribution in [0.1, 0.15) is 38.2 Å². The van der Waals surface area contributed by atoms with Crippen molar-refractivity contribution in [1.29, 1.82) is 0 Å². The predicted octanol–water partition coefficient (Wildman–Crippen LogP) is 3.49. The van der Waals surface area contributed by atoms with Crippen LogP contribution in [0.2, 0.25) is 0 Å². The smallest absolute Gasteiger partial charge is 0.123 e. The summed E-state index contributed by atoms with van der Waals surface area (Å²) < 4.78 is 12.7. The van der Waals surface area contributed by atoms with E-state index in [2.05, 4.69) is 12.2 Å². The van der Waals surface area contributed by atoms with Crippen molar-refractivity contribution >= 4 is 0 Å². The van der Waals surface area contributed by atoms with Gasteiger partial charge in [0.05, 0.1) is 0 Å². The molecule has 1 aromatic rings. The Balaban J connectivity index is 1.82. The second-order valence-electron chi connectivity index (χ2n) is 4.74. The molecule has 0 bridgehead atoms. The highest BCUT2D eigenvalue weighted by Crippen LogP contribution is 2.34. The Labute approximate surface area is 97.1 Å². The van der Waals surface area contributed by atoms with E-state index < -0.39 is 0 Å². The molecule has 0 heterocycles. The summed E-state index contributed by atoms with van der Waals surface area (Å²) in [6.07, 6.45) is 5.24. The summed E-state index contributed by atoms with van der Waals surface area (Å²) in [6.45, 7) is 3.09. The van der Waals surface area contributed by atoms with Gasteiger partial charge in [-0.2, -0.15) is 0 Å². The van der Waals surface area contributed by atoms with E-state index in [0.29, 0.717) is 6.04 Å². The zero-order chi connectivity index (χ0) is 11.4.